The van der Waals surface area contributed by atoms with Crippen LogP contribution in [-0.4, -0.2) is 24.8 Å². The van der Waals surface area contributed by atoms with Gasteiger partial charge in [0.2, 0.25) is 0 Å². The van der Waals surface area contributed by atoms with Gasteiger partial charge in [-0.2, -0.15) is 0 Å². The number of hydrogen-bond acceptors (Lipinski definition) is 7. The number of alkyl halides is 2. The molecule has 0 bridgehead atoms. The molecule has 0 saturated carbocycles. The number of anilines is 1. The number of benzene rings is 2. The lowest BCUT2D eigenvalue weighted by Gasteiger charge is -2.19. The smallest absolute Gasteiger partial charge is 0.266 e. The zero-order valence-corrected chi connectivity index (χ0v) is 18.0. The highest BCUT2D eigenvalue weighted by Gasteiger charge is 2.21. The van der Waals surface area contributed by atoms with E-state index < -0.39 is 23.8 Å². The first-order valence-electron chi connectivity index (χ1n) is 10.3. The number of rotatable bonds is 5. The van der Waals surface area contributed by atoms with E-state index in [9.17, 15) is 18.0 Å². The summed E-state index contributed by atoms with van der Waals surface area (Å²) in [5.74, 6) is -0.654. The first kappa shape index (κ1) is 21.6. The van der Waals surface area contributed by atoms with Crippen LogP contribution >= 0.6 is 0 Å². The Hall–Kier alpha value is -4.28. The Kier molecular flexibility index (Phi) is 5.23. The normalized spacial score (nSPS) is 12.5. The molecule has 3 heterocycles. The van der Waals surface area contributed by atoms with Crippen molar-refractivity contribution in [2.45, 2.75) is 19.4 Å². The summed E-state index contributed by atoms with van der Waals surface area (Å²) in [6.45, 7) is 1.63. The number of nitrogens with one attached hydrogen (secondary N) is 1. The maximum atomic E-state index is 14.7. The lowest BCUT2D eigenvalue weighted by Crippen LogP contribution is -2.20. The second-order valence-electron chi connectivity index (χ2n) is 7.77. The van der Waals surface area contributed by atoms with Crippen LogP contribution in [0.4, 0.5) is 19.0 Å². The lowest BCUT2D eigenvalue weighted by atomic mass is 10.0. The van der Waals surface area contributed by atoms with E-state index in [1.165, 1.54) is 23.0 Å². The number of aromatic nitrogens is 5. The Morgan fingerprint density at radius 1 is 1.03 bits per heavy atom. The van der Waals surface area contributed by atoms with E-state index in [4.69, 9.17) is 4.63 Å². The molecule has 5 aromatic rings. The molecular weight excluding hydrogens is 449 g/mol. The second kappa shape index (κ2) is 8.25. The van der Waals surface area contributed by atoms with E-state index in [1.54, 1.807) is 38.2 Å². The van der Waals surface area contributed by atoms with Crippen LogP contribution in [0.15, 0.2) is 58.2 Å². The van der Waals surface area contributed by atoms with Crippen LogP contribution in [0.2, 0.25) is 0 Å². The fourth-order valence-corrected chi connectivity index (χ4v) is 3.90. The van der Waals surface area contributed by atoms with Gasteiger partial charge in [0.05, 0.1) is 17.0 Å². The number of aryl methyl sites for hydroxylation is 1. The van der Waals surface area contributed by atoms with Crippen molar-refractivity contribution < 1.29 is 17.8 Å². The number of hydrogen-bond donors (Lipinski definition) is 1. The minimum atomic E-state index is -2.93. The first-order valence-corrected chi connectivity index (χ1v) is 10.3. The Morgan fingerprint density at radius 3 is 2.59 bits per heavy atom. The summed E-state index contributed by atoms with van der Waals surface area (Å²) >= 11 is 0. The topological polar surface area (TPSA) is 98.7 Å². The summed E-state index contributed by atoms with van der Waals surface area (Å²) in [5.41, 5.74) is 1.44. The van der Waals surface area contributed by atoms with Gasteiger partial charge < -0.3 is 5.32 Å². The maximum Gasteiger partial charge on any atom is 0.266 e. The van der Waals surface area contributed by atoms with Gasteiger partial charge in [-0.05, 0) is 41.0 Å². The minimum absolute atomic E-state index is 0.0681. The zero-order chi connectivity index (χ0) is 24.0. The number of fused-ring (bicyclic) bond motifs is 2. The molecule has 0 aliphatic heterocycles. The molecule has 34 heavy (non-hydrogen) atoms. The summed E-state index contributed by atoms with van der Waals surface area (Å²) in [6, 6.07) is 9.89. The van der Waals surface area contributed by atoms with Gasteiger partial charge in [0, 0.05) is 18.2 Å². The van der Waals surface area contributed by atoms with Crippen molar-refractivity contribution >= 4 is 27.9 Å². The van der Waals surface area contributed by atoms with Gasteiger partial charge in [-0.25, -0.2) is 27.8 Å². The van der Waals surface area contributed by atoms with Crippen LogP contribution in [0.3, 0.4) is 0 Å². The zero-order valence-electron chi connectivity index (χ0n) is 18.0. The van der Waals surface area contributed by atoms with E-state index in [1.807, 2.05) is 0 Å². The molecule has 3 aromatic heterocycles. The molecule has 172 valence electrons. The summed E-state index contributed by atoms with van der Waals surface area (Å²) in [7, 11) is 1.58. The molecule has 0 fully saturated rings. The Labute approximate surface area is 190 Å². The molecule has 0 aliphatic rings. The molecule has 1 N–H and O–H groups in total. The van der Waals surface area contributed by atoms with Gasteiger partial charge in [0.15, 0.2) is 0 Å². The average Bonchev–Trinajstić information content (AvgIpc) is 3.29. The fourth-order valence-electron chi connectivity index (χ4n) is 3.90. The van der Waals surface area contributed by atoms with Crippen molar-refractivity contribution in [2.24, 2.45) is 7.05 Å². The van der Waals surface area contributed by atoms with Crippen LogP contribution in [0, 0.1) is 5.82 Å². The molecule has 1 atom stereocenters. The van der Waals surface area contributed by atoms with Crippen molar-refractivity contribution in [1.29, 1.82) is 0 Å². The standard InChI is InChI=1S/C23H17F3N6O2/c1-11(13-4-3-5-14(19(13)24)20(25)26)29-21-16-9-15(23(33)32(2)22(16)28-10-27-21)12-6-7-17-18(8-12)31-34-30-17/h3-11,20H,1-2H3,(H,27,28,29)/t11-/m1/s1. The highest BCUT2D eigenvalue weighted by atomic mass is 19.3. The Bertz CT molecular complexity index is 1600. The summed E-state index contributed by atoms with van der Waals surface area (Å²) in [4.78, 5) is 21.5. The van der Waals surface area contributed by atoms with E-state index in [2.05, 4.69) is 25.6 Å². The molecule has 0 amide bonds. The van der Waals surface area contributed by atoms with E-state index in [0.717, 1.165) is 6.07 Å². The number of halogens is 3. The average molecular weight is 466 g/mol. The molecule has 2 aromatic carbocycles. The molecule has 0 saturated heterocycles. The first-order chi connectivity index (χ1) is 16.3. The van der Waals surface area contributed by atoms with Gasteiger partial charge in [0.25, 0.3) is 12.0 Å². The van der Waals surface area contributed by atoms with E-state index in [-0.39, 0.29) is 11.1 Å². The SMILES string of the molecule is C[C@@H](Nc1ncnc2c1cc(-c1ccc3nonc3c1)c(=O)n2C)c1cccc(C(F)F)c1F. The van der Waals surface area contributed by atoms with Crippen molar-refractivity contribution in [3.05, 3.63) is 76.1 Å². The van der Waals surface area contributed by atoms with Crippen molar-refractivity contribution in [3.63, 3.8) is 0 Å². The molecule has 11 heteroatoms. The highest BCUT2D eigenvalue weighted by molar-refractivity contribution is 5.91. The van der Waals surface area contributed by atoms with Crippen molar-refractivity contribution in [1.82, 2.24) is 24.8 Å². The van der Waals surface area contributed by atoms with Gasteiger partial charge in [-0.1, -0.05) is 24.3 Å². The number of pyridine rings is 1. The third-order valence-corrected chi connectivity index (χ3v) is 5.68. The van der Waals surface area contributed by atoms with E-state index >= 15 is 0 Å². The monoisotopic (exact) mass is 466 g/mol. The molecule has 0 radical (unpaired) electrons. The second-order valence-corrected chi connectivity index (χ2v) is 7.77. The third kappa shape index (κ3) is 3.54. The quantitative estimate of drug-likeness (QED) is 0.398. The molecule has 8 nitrogen and oxygen atoms in total. The van der Waals surface area contributed by atoms with Crippen LogP contribution in [-0.2, 0) is 7.05 Å². The van der Waals surface area contributed by atoms with E-state index in [0.29, 0.717) is 39.0 Å². The van der Waals surface area contributed by atoms with Crippen LogP contribution in [0.5, 0.6) is 0 Å². The van der Waals surface area contributed by atoms with Crippen molar-refractivity contribution in [3.8, 4) is 11.1 Å². The third-order valence-electron chi connectivity index (χ3n) is 5.68. The van der Waals surface area contributed by atoms with Gasteiger partial charge in [-0.15, -0.1) is 0 Å². The van der Waals surface area contributed by atoms with Crippen LogP contribution < -0.4 is 10.9 Å². The van der Waals surface area contributed by atoms with Crippen molar-refractivity contribution in [2.75, 3.05) is 5.32 Å². The molecule has 0 aliphatic carbocycles. The summed E-state index contributed by atoms with van der Waals surface area (Å²) in [5, 5.41) is 11.1. The maximum absolute atomic E-state index is 14.7. The summed E-state index contributed by atoms with van der Waals surface area (Å²) in [6.07, 6.45) is -1.66. The predicted molar refractivity (Wildman–Crippen MR) is 119 cm³/mol. The molecular formula is C23H17F3N6O2. The minimum Gasteiger partial charge on any atom is -0.363 e. The van der Waals surface area contributed by atoms with Gasteiger partial charge in [-0.3, -0.25) is 9.36 Å². The Balaban J connectivity index is 1.61. The molecule has 0 unspecified atom stereocenters. The molecule has 0 spiro atoms. The fraction of sp³-hybridized carbons (Fsp3) is 0.174. The Morgan fingerprint density at radius 2 is 1.79 bits per heavy atom. The lowest BCUT2D eigenvalue weighted by molar-refractivity contribution is 0.146. The van der Waals surface area contributed by atoms with Gasteiger partial charge >= 0.3 is 0 Å². The van der Waals surface area contributed by atoms with Crippen LogP contribution in [0.25, 0.3) is 33.2 Å². The van der Waals surface area contributed by atoms with Crippen LogP contribution in [0.1, 0.15) is 30.5 Å². The molecule has 5 rings (SSSR count). The predicted octanol–water partition coefficient (Wildman–Crippen LogP) is 4.78. The largest absolute Gasteiger partial charge is 0.363 e. The summed E-state index contributed by atoms with van der Waals surface area (Å²) < 4.78 is 47.1. The van der Waals surface area contributed by atoms with Gasteiger partial charge in [0.1, 0.15) is 34.6 Å². The number of nitrogens with zero attached hydrogens (tertiary/aromatic N) is 5. The highest BCUT2D eigenvalue weighted by Crippen LogP contribution is 2.31.